The molecule has 1 heteroatoms. The predicted octanol–water partition coefficient (Wildman–Crippen LogP) is 2.93. The molecule has 2 rings (SSSR count). The molecule has 0 nitrogen and oxygen atoms in total. The first-order valence-electron chi connectivity index (χ1n) is 5.15. The van der Waals surface area contributed by atoms with Crippen LogP contribution in [0.15, 0.2) is 48.5 Å². The van der Waals surface area contributed by atoms with Crippen molar-refractivity contribution in [3.05, 3.63) is 59.7 Å². The van der Waals surface area contributed by atoms with Gasteiger partial charge in [0, 0.05) is 0 Å². The summed E-state index contributed by atoms with van der Waals surface area (Å²) in [6, 6.07) is 17.2. The Hall–Kier alpha value is -1.13. The molecule has 0 aromatic heterocycles. The molecule has 0 aliphatic carbocycles. The van der Waals surface area contributed by atoms with Crippen molar-refractivity contribution in [3.8, 4) is 0 Å². The Labute approximate surface area is 93.1 Å². The van der Waals surface area contributed by atoms with Crippen LogP contribution >= 0.6 is 8.58 Å². The fraction of sp³-hybridized carbons (Fsp3) is 0.143. The minimum absolute atomic E-state index is 0.774. The zero-order chi connectivity index (χ0) is 10.7. The van der Waals surface area contributed by atoms with Gasteiger partial charge in [-0.15, -0.1) is 0 Å². The maximum absolute atomic E-state index is 2.22. The maximum Gasteiger partial charge on any atom is -0.0197 e. The Morgan fingerprint density at radius 3 is 1.47 bits per heavy atom. The molecule has 0 aliphatic rings. The van der Waals surface area contributed by atoms with Gasteiger partial charge in [0.1, 0.15) is 0 Å². The maximum atomic E-state index is 2.22. The number of hydrogen-bond acceptors (Lipinski definition) is 0. The van der Waals surface area contributed by atoms with Crippen molar-refractivity contribution in [1.29, 1.82) is 0 Å². The molecule has 0 bridgehead atoms. The molecule has 2 aromatic carbocycles. The van der Waals surface area contributed by atoms with E-state index < -0.39 is 0 Å². The Morgan fingerprint density at radius 2 is 1.07 bits per heavy atom. The summed E-state index contributed by atoms with van der Waals surface area (Å²) in [5.74, 6) is 0. The van der Waals surface area contributed by atoms with Crippen LogP contribution in [0.25, 0.3) is 0 Å². The summed E-state index contributed by atoms with van der Waals surface area (Å²) in [7, 11) is 0.774. The Kier molecular flexibility index (Phi) is 3.18. The standard InChI is InChI=1S/C14H15P/c1-11-7-3-5-9-13(11)15-14-10-6-4-8-12(14)2/h3-10,15H,1-2H3. The second kappa shape index (κ2) is 4.59. The molecule has 0 saturated heterocycles. The second-order valence-electron chi connectivity index (χ2n) is 3.75. The van der Waals surface area contributed by atoms with Gasteiger partial charge in [0.05, 0.1) is 0 Å². The fourth-order valence-electron chi connectivity index (χ4n) is 1.57. The molecule has 0 fully saturated rings. The largest absolute Gasteiger partial charge is 0.0620 e. The number of benzene rings is 2. The van der Waals surface area contributed by atoms with E-state index in [0.29, 0.717) is 0 Å². The van der Waals surface area contributed by atoms with Gasteiger partial charge >= 0.3 is 0 Å². The molecule has 0 amide bonds. The molecule has 0 radical (unpaired) electrons. The van der Waals surface area contributed by atoms with Crippen LogP contribution in [0.2, 0.25) is 0 Å². The van der Waals surface area contributed by atoms with Crippen LogP contribution in [0.1, 0.15) is 11.1 Å². The van der Waals surface area contributed by atoms with Crippen molar-refractivity contribution < 1.29 is 0 Å². The van der Waals surface area contributed by atoms with Gasteiger partial charge in [-0.05, 0) is 35.6 Å². The van der Waals surface area contributed by atoms with E-state index in [-0.39, 0.29) is 0 Å². The van der Waals surface area contributed by atoms with E-state index in [0.717, 1.165) is 8.58 Å². The summed E-state index contributed by atoms with van der Waals surface area (Å²) in [5.41, 5.74) is 2.78. The van der Waals surface area contributed by atoms with Crippen molar-refractivity contribution in [2.45, 2.75) is 13.8 Å². The van der Waals surface area contributed by atoms with E-state index in [4.69, 9.17) is 0 Å². The SMILES string of the molecule is Cc1ccccc1Pc1ccccc1C. The molecule has 76 valence electrons. The number of aryl methyl sites for hydroxylation is 2. The molecule has 0 N–H and O–H groups in total. The summed E-state index contributed by atoms with van der Waals surface area (Å²) in [4.78, 5) is 0. The van der Waals surface area contributed by atoms with Crippen LogP contribution in [0.4, 0.5) is 0 Å². The fourth-order valence-corrected chi connectivity index (χ4v) is 2.78. The average Bonchev–Trinajstić information content (AvgIpc) is 2.24. The monoisotopic (exact) mass is 214 g/mol. The van der Waals surface area contributed by atoms with Gasteiger partial charge in [0.2, 0.25) is 0 Å². The van der Waals surface area contributed by atoms with Gasteiger partial charge in [-0.25, -0.2) is 0 Å². The molecular weight excluding hydrogens is 199 g/mol. The van der Waals surface area contributed by atoms with Gasteiger partial charge < -0.3 is 0 Å². The highest BCUT2D eigenvalue weighted by Gasteiger charge is 2.00. The highest BCUT2D eigenvalue weighted by Crippen LogP contribution is 2.15. The van der Waals surface area contributed by atoms with Gasteiger partial charge in [-0.3, -0.25) is 0 Å². The highest BCUT2D eigenvalue weighted by atomic mass is 31.1. The Balaban J connectivity index is 2.30. The lowest BCUT2D eigenvalue weighted by molar-refractivity contribution is 1.51. The highest BCUT2D eigenvalue weighted by molar-refractivity contribution is 7.55. The molecule has 0 saturated carbocycles. The van der Waals surface area contributed by atoms with Crippen LogP contribution in [0.5, 0.6) is 0 Å². The molecule has 2 aromatic rings. The Bertz CT molecular complexity index is 417. The summed E-state index contributed by atoms with van der Waals surface area (Å²) in [5, 5.41) is 2.90. The van der Waals surface area contributed by atoms with Gasteiger partial charge in [0.25, 0.3) is 0 Å². The van der Waals surface area contributed by atoms with Crippen molar-refractivity contribution in [2.24, 2.45) is 0 Å². The third kappa shape index (κ3) is 2.46. The molecule has 0 atom stereocenters. The molecule has 15 heavy (non-hydrogen) atoms. The lowest BCUT2D eigenvalue weighted by Gasteiger charge is -2.08. The molecule has 0 unspecified atom stereocenters. The van der Waals surface area contributed by atoms with Gasteiger partial charge in [0.15, 0.2) is 0 Å². The summed E-state index contributed by atoms with van der Waals surface area (Å²) in [6.07, 6.45) is 0. The normalized spacial score (nSPS) is 10.3. The van der Waals surface area contributed by atoms with E-state index >= 15 is 0 Å². The molecular formula is C14H15P. The first-order chi connectivity index (χ1) is 7.27. The van der Waals surface area contributed by atoms with Crippen molar-refractivity contribution in [1.82, 2.24) is 0 Å². The summed E-state index contributed by atoms with van der Waals surface area (Å²) < 4.78 is 0. The van der Waals surface area contributed by atoms with Gasteiger partial charge in [-0.2, -0.15) is 0 Å². The zero-order valence-electron chi connectivity index (χ0n) is 9.12. The van der Waals surface area contributed by atoms with Crippen LogP contribution < -0.4 is 10.6 Å². The second-order valence-corrected chi connectivity index (χ2v) is 5.08. The molecule has 0 heterocycles. The van der Waals surface area contributed by atoms with Crippen molar-refractivity contribution in [2.75, 3.05) is 0 Å². The van der Waals surface area contributed by atoms with E-state index in [2.05, 4.69) is 62.4 Å². The smallest absolute Gasteiger partial charge is 0.0197 e. The Morgan fingerprint density at radius 1 is 0.667 bits per heavy atom. The summed E-state index contributed by atoms with van der Waals surface area (Å²) in [6.45, 7) is 4.36. The van der Waals surface area contributed by atoms with E-state index in [1.807, 2.05) is 0 Å². The van der Waals surface area contributed by atoms with E-state index in [1.165, 1.54) is 21.7 Å². The third-order valence-corrected chi connectivity index (χ3v) is 4.22. The average molecular weight is 214 g/mol. The zero-order valence-corrected chi connectivity index (χ0v) is 10.1. The molecule has 0 aliphatic heterocycles. The lowest BCUT2D eigenvalue weighted by Crippen LogP contribution is -2.08. The van der Waals surface area contributed by atoms with Crippen LogP contribution in [0.3, 0.4) is 0 Å². The predicted molar refractivity (Wildman–Crippen MR) is 69.9 cm³/mol. The van der Waals surface area contributed by atoms with Crippen molar-refractivity contribution >= 4 is 19.2 Å². The van der Waals surface area contributed by atoms with Crippen LogP contribution in [-0.2, 0) is 0 Å². The first kappa shape index (κ1) is 10.4. The van der Waals surface area contributed by atoms with Gasteiger partial charge in [-0.1, -0.05) is 57.1 Å². The molecule has 0 spiro atoms. The van der Waals surface area contributed by atoms with Crippen LogP contribution in [-0.4, -0.2) is 0 Å². The van der Waals surface area contributed by atoms with E-state index in [1.54, 1.807) is 0 Å². The van der Waals surface area contributed by atoms with Crippen molar-refractivity contribution in [3.63, 3.8) is 0 Å². The van der Waals surface area contributed by atoms with Crippen LogP contribution in [0, 0.1) is 13.8 Å². The van der Waals surface area contributed by atoms with E-state index in [9.17, 15) is 0 Å². The lowest BCUT2D eigenvalue weighted by atomic mass is 10.2. The minimum Gasteiger partial charge on any atom is -0.0620 e. The third-order valence-electron chi connectivity index (χ3n) is 2.56. The minimum atomic E-state index is 0.774. The summed E-state index contributed by atoms with van der Waals surface area (Å²) >= 11 is 0. The quantitative estimate of drug-likeness (QED) is 0.674. The number of hydrogen-bond donors (Lipinski definition) is 0. The topological polar surface area (TPSA) is 0 Å². The number of rotatable bonds is 2. The first-order valence-corrected chi connectivity index (χ1v) is 6.15.